The summed E-state index contributed by atoms with van der Waals surface area (Å²) in [6.07, 6.45) is 10.8. The van der Waals surface area contributed by atoms with E-state index in [1.807, 2.05) is 7.11 Å². The summed E-state index contributed by atoms with van der Waals surface area (Å²) in [5, 5.41) is 0. The maximum absolute atomic E-state index is 5.89. The van der Waals surface area contributed by atoms with Crippen LogP contribution in [0.25, 0.3) is 0 Å². The van der Waals surface area contributed by atoms with Gasteiger partial charge in [0.15, 0.2) is 0 Å². The summed E-state index contributed by atoms with van der Waals surface area (Å²) in [6.45, 7) is 9.35. The molecule has 0 spiro atoms. The lowest BCUT2D eigenvalue weighted by molar-refractivity contribution is -0.0591. The topological polar surface area (TPSA) is 18.5 Å². The molecule has 1 fully saturated rings. The quantitative estimate of drug-likeness (QED) is 0.558. The predicted molar refractivity (Wildman–Crippen MR) is 86.1 cm³/mol. The predicted octanol–water partition coefficient (Wildman–Crippen LogP) is 5.06. The Kier molecular flexibility index (Phi) is 8.79. The van der Waals surface area contributed by atoms with Crippen molar-refractivity contribution >= 4 is 0 Å². The second-order valence-electron chi connectivity index (χ2n) is 6.82. The number of rotatable bonds is 10. The van der Waals surface area contributed by atoms with Crippen LogP contribution in [0.2, 0.25) is 0 Å². The van der Waals surface area contributed by atoms with Crippen LogP contribution in [0.4, 0.5) is 0 Å². The van der Waals surface area contributed by atoms with Crippen molar-refractivity contribution in [3.05, 3.63) is 0 Å². The SMILES string of the molecule is CCOCC(CCC(C)CC)(COC)C1CCCCC1. The van der Waals surface area contributed by atoms with E-state index >= 15 is 0 Å². The average Bonchev–Trinajstić information content (AvgIpc) is 2.50. The molecule has 0 bridgehead atoms. The van der Waals surface area contributed by atoms with Crippen molar-refractivity contribution in [2.75, 3.05) is 26.9 Å². The molecule has 1 aliphatic rings. The summed E-state index contributed by atoms with van der Waals surface area (Å²) < 4.78 is 11.5. The van der Waals surface area contributed by atoms with E-state index in [0.717, 1.165) is 31.7 Å². The summed E-state index contributed by atoms with van der Waals surface area (Å²) in [6, 6.07) is 0. The van der Waals surface area contributed by atoms with Gasteiger partial charge in [-0.25, -0.2) is 0 Å². The lowest BCUT2D eigenvalue weighted by Crippen LogP contribution is -2.41. The highest BCUT2D eigenvalue weighted by molar-refractivity contribution is 4.88. The zero-order chi connectivity index (χ0) is 14.8. The van der Waals surface area contributed by atoms with Gasteiger partial charge in [-0.1, -0.05) is 46.0 Å². The summed E-state index contributed by atoms with van der Waals surface area (Å²) in [5.74, 6) is 1.61. The number of ether oxygens (including phenoxy) is 2. The van der Waals surface area contributed by atoms with Crippen molar-refractivity contribution in [2.45, 2.75) is 72.1 Å². The van der Waals surface area contributed by atoms with Crippen LogP contribution < -0.4 is 0 Å². The highest BCUT2D eigenvalue weighted by Gasteiger charge is 2.39. The van der Waals surface area contributed by atoms with Crippen LogP contribution in [0.5, 0.6) is 0 Å². The van der Waals surface area contributed by atoms with Gasteiger partial charge in [0.2, 0.25) is 0 Å². The van der Waals surface area contributed by atoms with Crippen LogP contribution in [0.15, 0.2) is 0 Å². The summed E-state index contributed by atoms with van der Waals surface area (Å²) in [4.78, 5) is 0. The molecular formula is C18H36O2. The van der Waals surface area contributed by atoms with E-state index in [2.05, 4.69) is 20.8 Å². The summed E-state index contributed by atoms with van der Waals surface area (Å²) in [5.41, 5.74) is 0.259. The van der Waals surface area contributed by atoms with Gasteiger partial charge in [-0.2, -0.15) is 0 Å². The molecule has 120 valence electrons. The molecular weight excluding hydrogens is 248 g/mol. The molecule has 0 saturated heterocycles. The van der Waals surface area contributed by atoms with Gasteiger partial charge in [-0.3, -0.25) is 0 Å². The minimum absolute atomic E-state index is 0.259. The first-order chi connectivity index (χ1) is 9.68. The van der Waals surface area contributed by atoms with Crippen LogP contribution >= 0.6 is 0 Å². The molecule has 0 aromatic rings. The first-order valence-electron chi connectivity index (χ1n) is 8.75. The van der Waals surface area contributed by atoms with Gasteiger partial charge in [-0.15, -0.1) is 0 Å². The van der Waals surface area contributed by atoms with Crippen LogP contribution in [-0.4, -0.2) is 26.9 Å². The average molecular weight is 284 g/mol. The molecule has 0 amide bonds. The number of methoxy groups -OCH3 is 1. The Bertz CT molecular complexity index is 236. The van der Waals surface area contributed by atoms with E-state index in [-0.39, 0.29) is 5.41 Å². The van der Waals surface area contributed by atoms with Crippen molar-refractivity contribution in [3.63, 3.8) is 0 Å². The molecule has 1 rings (SSSR count). The van der Waals surface area contributed by atoms with Gasteiger partial charge in [0.25, 0.3) is 0 Å². The van der Waals surface area contributed by atoms with E-state index in [9.17, 15) is 0 Å². The van der Waals surface area contributed by atoms with Gasteiger partial charge >= 0.3 is 0 Å². The van der Waals surface area contributed by atoms with Crippen LogP contribution in [0, 0.1) is 17.3 Å². The molecule has 2 nitrogen and oxygen atoms in total. The highest BCUT2D eigenvalue weighted by atomic mass is 16.5. The van der Waals surface area contributed by atoms with Crippen molar-refractivity contribution < 1.29 is 9.47 Å². The fraction of sp³-hybridized carbons (Fsp3) is 1.00. The Morgan fingerprint density at radius 1 is 1.10 bits per heavy atom. The first-order valence-corrected chi connectivity index (χ1v) is 8.75. The van der Waals surface area contributed by atoms with E-state index in [1.54, 1.807) is 0 Å². The maximum atomic E-state index is 5.89. The van der Waals surface area contributed by atoms with E-state index in [0.29, 0.717) is 0 Å². The lowest BCUT2D eigenvalue weighted by atomic mass is 9.66. The second kappa shape index (κ2) is 9.78. The third-order valence-corrected chi connectivity index (χ3v) is 5.33. The van der Waals surface area contributed by atoms with Gasteiger partial charge in [0.05, 0.1) is 13.2 Å². The molecule has 1 saturated carbocycles. The fourth-order valence-corrected chi connectivity index (χ4v) is 3.67. The minimum atomic E-state index is 0.259. The molecule has 0 aromatic heterocycles. The van der Waals surface area contributed by atoms with Crippen LogP contribution in [0.1, 0.15) is 72.1 Å². The molecule has 20 heavy (non-hydrogen) atoms. The Hall–Kier alpha value is -0.0800. The molecule has 0 aliphatic heterocycles. The Labute approximate surface area is 126 Å². The van der Waals surface area contributed by atoms with Crippen molar-refractivity contribution in [1.29, 1.82) is 0 Å². The van der Waals surface area contributed by atoms with Crippen molar-refractivity contribution in [3.8, 4) is 0 Å². The summed E-state index contributed by atoms with van der Waals surface area (Å²) in [7, 11) is 1.85. The zero-order valence-electron chi connectivity index (χ0n) is 14.2. The molecule has 0 aromatic carbocycles. The molecule has 0 N–H and O–H groups in total. The van der Waals surface area contributed by atoms with Crippen molar-refractivity contribution in [2.24, 2.45) is 17.3 Å². The van der Waals surface area contributed by atoms with Gasteiger partial charge in [-0.05, 0) is 38.0 Å². The Morgan fingerprint density at radius 3 is 2.35 bits per heavy atom. The van der Waals surface area contributed by atoms with Gasteiger partial charge < -0.3 is 9.47 Å². The monoisotopic (exact) mass is 284 g/mol. The normalized spacial score (nSPS) is 21.6. The molecule has 2 unspecified atom stereocenters. The number of hydrogen-bond donors (Lipinski definition) is 0. The largest absolute Gasteiger partial charge is 0.384 e. The third kappa shape index (κ3) is 5.37. The number of hydrogen-bond acceptors (Lipinski definition) is 2. The first kappa shape index (κ1) is 18.0. The van der Waals surface area contributed by atoms with Crippen LogP contribution in [0.3, 0.4) is 0 Å². The van der Waals surface area contributed by atoms with Crippen LogP contribution in [-0.2, 0) is 9.47 Å². The standard InChI is InChI=1S/C18H36O2/c1-5-16(3)12-13-18(14-19-4,15-20-6-2)17-10-8-7-9-11-17/h16-17H,5-15H2,1-4H3. The molecule has 2 heteroatoms. The third-order valence-electron chi connectivity index (χ3n) is 5.33. The Balaban J connectivity index is 2.74. The molecule has 2 atom stereocenters. The smallest absolute Gasteiger partial charge is 0.0547 e. The molecule has 0 radical (unpaired) electrons. The van der Waals surface area contributed by atoms with Crippen molar-refractivity contribution in [1.82, 2.24) is 0 Å². The van der Waals surface area contributed by atoms with Gasteiger partial charge in [0.1, 0.15) is 0 Å². The molecule has 1 aliphatic carbocycles. The molecule has 0 heterocycles. The highest BCUT2D eigenvalue weighted by Crippen LogP contribution is 2.43. The maximum Gasteiger partial charge on any atom is 0.0547 e. The van der Waals surface area contributed by atoms with E-state index in [1.165, 1.54) is 51.4 Å². The zero-order valence-corrected chi connectivity index (χ0v) is 14.2. The van der Waals surface area contributed by atoms with E-state index in [4.69, 9.17) is 9.47 Å². The Morgan fingerprint density at radius 2 is 1.80 bits per heavy atom. The summed E-state index contributed by atoms with van der Waals surface area (Å²) >= 11 is 0. The van der Waals surface area contributed by atoms with E-state index < -0.39 is 0 Å². The minimum Gasteiger partial charge on any atom is -0.384 e. The second-order valence-corrected chi connectivity index (χ2v) is 6.82. The lowest BCUT2D eigenvalue weighted by Gasteiger charge is -2.43. The van der Waals surface area contributed by atoms with Gasteiger partial charge in [0, 0.05) is 19.1 Å². The fourth-order valence-electron chi connectivity index (χ4n) is 3.67.